The van der Waals surface area contributed by atoms with Gasteiger partial charge in [-0.3, -0.25) is 4.79 Å². The molecule has 1 aliphatic heterocycles. The highest BCUT2D eigenvalue weighted by Gasteiger charge is 2.35. The molecular weight excluding hydrogens is 492 g/mol. The Kier molecular flexibility index (Phi) is 6.50. The molecule has 2 aromatic carbocycles. The van der Waals surface area contributed by atoms with Crippen molar-refractivity contribution in [2.24, 2.45) is 0 Å². The molecule has 1 atom stereocenters. The summed E-state index contributed by atoms with van der Waals surface area (Å²) in [5, 5.41) is 18.0. The van der Waals surface area contributed by atoms with Gasteiger partial charge in [-0.1, -0.05) is 17.2 Å². The minimum atomic E-state index is -0.618. The first-order chi connectivity index (χ1) is 16.0. The summed E-state index contributed by atoms with van der Waals surface area (Å²) in [4.78, 5) is 13.6. The van der Waals surface area contributed by atoms with Crippen molar-refractivity contribution in [3.8, 4) is 17.2 Å². The number of rotatable bonds is 7. The zero-order valence-electron chi connectivity index (χ0n) is 18.5. The molecule has 33 heavy (non-hydrogen) atoms. The van der Waals surface area contributed by atoms with Crippen molar-refractivity contribution in [3.63, 3.8) is 0 Å². The molecule has 0 fully saturated rings. The van der Waals surface area contributed by atoms with Crippen LogP contribution < -0.4 is 24.8 Å². The number of para-hydroxylation sites is 2. The van der Waals surface area contributed by atoms with Gasteiger partial charge in [-0.2, -0.15) is 4.68 Å². The largest absolute Gasteiger partial charge is 0.495 e. The second-order valence-corrected chi connectivity index (χ2v) is 7.99. The number of methoxy groups -OCH3 is 2. The van der Waals surface area contributed by atoms with Crippen LogP contribution in [0.15, 0.2) is 52.1 Å². The molecule has 1 aromatic heterocycles. The van der Waals surface area contributed by atoms with E-state index in [1.54, 1.807) is 31.0 Å². The van der Waals surface area contributed by atoms with Crippen molar-refractivity contribution in [2.75, 3.05) is 31.5 Å². The predicted octanol–water partition coefficient (Wildman–Crippen LogP) is 3.78. The van der Waals surface area contributed by atoms with Gasteiger partial charge in [-0.05, 0) is 70.0 Å². The first-order valence-electron chi connectivity index (χ1n) is 10.2. The van der Waals surface area contributed by atoms with Gasteiger partial charge in [-0.15, -0.1) is 0 Å². The van der Waals surface area contributed by atoms with Crippen LogP contribution in [0, 0.1) is 0 Å². The van der Waals surface area contributed by atoms with Crippen LogP contribution in [-0.2, 0) is 4.79 Å². The SMILES string of the molecule is CCOc1cc(C2C(C(=O)Nc3ccccc3OC)=C(C)Nc3nnnn32)cc(Br)c1OC. The quantitative estimate of drug-likeness (QED) is 0.489. The molecule has 11 heteroatoms. The van der Waals surface area contributed by atoms with Gasteiger partial charge in [-0.25, -0.2) is 0 Å². The number of hydrogen-bond donors (Lipinski definition) is 2. The van der Waals surface area contributed by atoms with Crippen LogP contribution in [-0.4, -0.2) is 46.9 Å². The molecule has 2 N–H and O–H groups in total. The first kappa shape index (κ1) is 22.6. The van der Waals surface area contributed by atoms with E-state index in [9.17, 15) is 4.79 Å². The van der Waals surface area contributed by atoms with E-state index in [0.29, 0.717) is 51.2 Å². The zero-order valence-corrected chi connectivity index (χ0v) is 20.1. The maximum Gasteiger partial charge on any atom is 0.255 e. The van der Waals surface area contributed by atoms with E-state index in [4.69, 9.17) is 14.2 Å². The van der Waals surface area contributed by atoms with E-state index in [-0.39, 0.29) is 5.91 Å². The standard InChI is InChI=1S/C22H23BrN6O4/c1-5-33-17-11-13(10-14(23)20(17)32-4)19-18(12(2)24-22-26-27-28-29(19)22)21(30)25-15-8-6-7-9-16(15)31-3/h6-11,19H,5H2,1-4H3,(H,25,30)(H,24,26,28). The topological polar surface area (TPSA) is 112 Å². The number of allylic oxidation sites excluding steroid dienone is 1. The number of hydrogen-bond acceptors (Lipinski definition) is 8. The van der Waals surface area contributed by atoms with Crippen LogP contribution >= 0.6 is 15.9 Å². The second-order valence-electron chi connectivity index (χ2n) is 7.13. The van der Waals surface area contributed by atoms with Crippen molar-refractivity contribution in [1.82, 2.24) is 20.2 Å². The Morgan fingerprint density at radius 3 is 2.73 bits per heavy atom. The Bertz CT molecular complexity index is 1230. The predicted molar refractivity (Wildman–Crippen MR) is 126 cm³/mol. The molecule has 0 saturated carbocycles. The number of nitrogens with zero attached hydrogens (tertiary/aromatic N) is 4. The fraction of sp³-hybridized carbons (Fsp3) is 0.273. The summed E-state index contributed by atoms with van der Waals surface area (Å²) in [5.74, 6) is 1.77. The molecule has 3 aromatic rings. The summed E-state index contributed by atoms with van der Waals surface area (Å²) >= 11 is 3.56. The number of tetrazole rings is 1. The van der Waals surface area contributed by atoms with Crippen molar-refractivity contribution < 1.29 is 19.0 Å². The number of carbonyl (C=O) groups excluding carboxylic acids is 1. The summed E-state index contributed by atoms with van der Waals surface area (Å²) < 4.78 is 18.9. The molecule has 0 aliphatic carbocycles. The van der Waals surface area contributed by atoms with Crippen molar-refractivity contribution >= 4 is 33.5 Å². The Morgan fingerprint density at radius 1 is 1.21 bits per heavy atom. The number of amides is 1. The second kappa shape index (κ2) is 9.49. The van der Waals surface area contributed by atoms with Gasteiger partial charge >= 0.3 is 0 Å². The number of aromatic nitrogens is 4. The van der Waals surface area contributed by atoms with E-state index in [0.717, 1.165) is 5.56 Å². The maximum absolute atomic E-state index is 13.6. The van der Waals surface area contributed by atoms with E-state index in [1.807, 2.05) is 38.1 Å². The van der Waals surface area contributed by atoms with Gasteiger partial charge in [0.2, 0.25) is 5.95 Å². The minimum absolute atomic E-state index is 0.319. The molecule has 4 rings (SSSR count). The lowest BCUT2D eigenvalue weighted by atomic mass is 9.94. The lowest BCUT2D eigenvalue weighted by Gasteiger charge is -2.28. The fourth-order valence-electron chi connectivity index (χ4n) is 3.76. The third-order valence-corrected chi connectivity index (χ3v) is 5.75. The van der Waals surface area contributed by atoms with Crippen molar-refractivity contribution in [1.29, 1.82) is 0 Å². The Labute approximate surface area is 199 Å². The van der Waals surface area contributed by atoms with Crippen molar-refractivity contribution in [3.05, 3.63) is 57.7 Å². The van der Waals surface area contributed by atoms with Crippen LogP contribution in [0.2, 0.25) is 0 Å². The number of nitrogens with one attached hydrogen (secondary N) is 2. The molecule has 172 valence electrons. The van der Waals surface area contributed by atoms with Crippen molar-refractivity contribution in [2.45, 2.75) is 19.9 Å². The smallest absolute Gasteiger partial charge is 0.255 e. The third-order valence-electron chi connectivity index (χ3n) is 5.17. The normalized spacial score (nSPS) is 14.9. The molecule has 0 bridgehead atoms. The number of halogens is 1. The molecule has 10 nitrogen and oxygen atoms in total. The average molecular weight is 515 g/mol. The van der Waals surface area contributed by atoms with Crippen LogP contribution in [0.5, 0.6) is 17.2 Å². The monoisotopic (exact) mass is 514 g/mol. The van der Waals surface area contributed by atoms with Crippen LogP contribution in [0.25, 0.3) is 0 Å². The Morgan fingerprint density at radius 2 is 2.00 bits per heavy atom. The summed E-state index contributed by atoms with van der Waals surface area (Å²) in [6.07, 6.45) is 0. The molecular formula is C22H23BrN6O4. The van der Waals surface area contributed by atoms with E-state index >= 15 is 0 Å². The summed E-state index contributed by atoms with van der Waals surface area (Å²) in [5.41, 5.74) is 2.36. The van der Waals surface area contributed by atoms with Gasteiger partial charge < -0.3 is 24.8 Å². The fourth-order valence-corrected chi connectivity index (χ4v) is 4.38. The highest BCUT2D eigenvalue weighted by molar-refractivity contribution is 9.10. The number of carbonyl (C=O) groups is 1. The van der Waals surface area contributed by atoms with E-state index in [1.165, 1.54) is 0 Å². The lowest BCUT2D eigenvalue weighted by Crippen LogP contribution is -2.31. The first-order valence-corrected chi connectivity index (χ1v) is 11.0. The number of ether oxygens (including phenoxy) is 3. The van der Waals surface area contributed by atoms with E-state index in [2.05, 4.69) is 42.1 Å². The summed E-state index contributed by atoms with van der Waals surface area (Å²) in [6, 6.07) is 10.3. The van der Waals surface area contributed by atoms with Crippen LogP contribution in [0.1, 0.15) is 25.5 Å². The van der Waals surface area contributed by atoms with Gasteiger partial charge in [0.25, 0.3) is 5.91 Å². The average Bonchev–Trinajstić information content (AvgIpc) is 3.26. The molecule has 0 radical (unpaired) electrons. The number of anilines is 2. The molecule has 1 aliphatic rings. The third kappa shape index (κ3) is 4.23. The minimum Gasteiger partial charge on any atom is -0.495 e. The molecule has 0 spiro atoms. The molecule has 2 heterocycles. The summed E-state index contributed by atoms with van der Waals surface area (Å²) in [7, 11) is 3.13. The summed E-state index contributed by atoms with van der Waals surface area (Å²) in [6.45, 7) is 4.15. The molecule has 1 amide bonds. The lowest BCUT2D eigenvalue weighted by molar-refractivity contribution is -0.113. The molecule has 1 unspecified atom stereocenters. The highest BCUT2D eigenvalue weighted by Crippen LogP contribution is 2.42. The van der Waals surface area contributed by atoms with Gasteiger partial charge in [0.15, 0.2) is 11.5 Å². The van der Waals surface area contributed by atoms with Crippen LogP contribution in [0.4, 0.5) is 11.6 Å². The van der Waals surface area contributed by atoms with Gasteiger partial charge in [0.05, 0.1) is 36.6 Å². The Hall–Kier alpha value is -3.60. The highest BCUT2D eigenvalue weighted by atomic mass is 79.9. The van der Waals surface area contributed by atoms with Crippen LogP contribution in [0.3, 0.4) is 0 Å². The maximum atomic E-state index is 13.6. The zero-order chi connectivity index (χ0) is 23.5. The van der Waals surface area contributed by atoms with Gasteiger partial charge in [0, 0.05) is 5.70 Å². The van der Waals surface area contributed by atoms with E-state index < -0.39 is 6.04 Å². The number of benzene rings is 2. The van der Waals surface area contributed by atoms with Gasteiger partial charge in [0.1, 0.15) is 11.8 Å². The Balaban J connectivity index is 1.82. The number of fused-ring (bicyclic) bond motifs is 1. The molecule has 0 saturated heterocycles.